The average Bonchev–Trinajstić information content (AvgIpc) is 2.59. The minimum Gasteiger partial charge on any atom is -0.396 e. The number of anilines is 1. The van der Waals surface area contributed by atoms with Crippen molar-refractivity contribution in [3.8, 4) is 0 Å². The van der Waals surface area contributed by atoms with Crippen LogP contribution in [0.1, 0.15) is 31.1 Å². The fourth-order valence-electron chi connectivity index (χ4n) is 2.75. The van der Waals surface area contributed by atoms with Crippen LogP contribution in [-0.4, -0.2) is 61.3 Å². The number of hydrogen-bond acceptors (Lipinski definition) is 4. The molecule has 5 heteroatoms. The average molecular weight is 319 g/mol. The van der Waals surface area contributed by atoms with E-state index >= 15 is 0 Å². The zero-order valence-electron chi connectivity index (χ0n) is 14.5. The molecule has 2 rings (SSSR count). The Labute approximate surface area is 139 Å². The molecule has 128 valence electrons. The zero-order valence-corrected chi connectivity index (χ0v) is 14.5. The summed E-state index contributed by atoms with van der Waals surface area (Å²) in [6, 6.07) is 8.40. The van der Waals surface area contributed by atoms with E-state index in [-0.39, 0.29) is 18.4 Å². The van der Waals surface area contributed by atoms with Crippen molar-refractivity contribution in [3.63, 3.8) is 0 Å². The predicted octanol–water partition coefficient (Wildman–Crippen LogP) is 1.58. The van der Waals surface area contributed by atoms with Crippen LogP contribution in [0.4, 0.5) is 5.69 Å². The Hall–Kier alpha value is -1.59. The third kappa shape index (κ3) is 4.94. The van der Waals surface area contributed by atoms with Crippen LogP contribution >= 0.6 is 0 Å². The minimum atomic E-state index is -0.0820. The Bertz CT molecular complexity index is 493. The van der Waals surface area contributed by atoms with Crippen LogP contribution in [0.2, 0.25) is 0 Å². The first-order chi connectivity index (χ1) is 11.0. The van der Waals surface area contributed by atoms with E-state index in [4.69, 9.17) is 5.11 Å². The van der Waals surface area contributed by atoms with Gasteiger partial charge in [0.1, 0.15) is 0 Å². The Morgan fingerprint density at radius 3 is 2.26 bits per heavy atom. The smallest absolute Gasteiger partial charge is 0.251 e. The summed E-state index contributed by atoms with van der Waals surface area (Å²) in [5.41, 5.74) is 1.84. The van der Waals surface area contributed by atoms with Gasteiger partial charge >= 0.3 is 0 Å². The molecule has 5 nitrogen and oxygen atoms in total. The van der Waals surface area contributed by atoms with Crippen molar-refractivity contribution >= 4 is 11.6 Å². The van der Waals surface area contributed by atoms with Crippen LogP contribution < -0.4 is 10.2 Å². The van der Waals surface area contributed by atoms with Crippen molar-refractivity contribution in [1.29, 1.82) is 0 Å². The summed E-state index contributed by atoms with van der Waals surface area (Å²) >= 11 is 0. The second kappa shape index (κ2) is 8.31. The lowest BCUT2D eigenvalue weighted by Crippen LogP contribution is -2.48. The molecule has 0 radical (unpaired) electrons. The lowest BCUT2D eigenvalue weighted by atomic mass is 10.1. The van der Waals surface area contributed by atoms with Gasteiger partial charge in [-0.15, -0.1) is 0 Å². The van der Waals surface area contributed by atoms with Crippen LogP contribution in [0.25, 0.3) is 0 Å². The molecule has 2 N–H and O–H groups in total. The summed E-state index contributed by atoms with van der Waals surface area (Å²) < 4.78 is 0. The Kier molecular flexibility index (Phi) is 6.42. The standard InChI is InChI=1S/C18H29N3O2/c1-14(2)20-8-10-21(11-9-20)17-6-4-16(5-7-17)18(23)19-12-15(3)13-22/h4-7,14-15,22H,8-13H2,1-3H3,(H,19,23). The fourth-order valence-corrected chi connectivity index (χ4v) is 2.75. The highest BCUT2D eigenvalue weighted by atomic mass is 16.3. The number of aliphatic hydroxyl groups is 1. The highest BCUT2D eigenvalue weighted by Gasteiger charge is 2.19. The summed E-state index contributed by atoms with van der Waals surface area (Å²) in [7, 11) is 0. The topological polar surface area (TPSA) is 55.8 Å². The largest absolute Gasteiger partial charge is 0.396 e. The first-order valence-electron chi connectivity index (χ1n) is 8.49. The molecule has 1 aromatic rings. The van der Waals surface area contributed by atoms with Gasteiger partial charge in [-0.2, -0.15) is 0 Å². The highest BCUT2D eigenvalue weighted by Crippen LogP contribution is 2.18. The molecule has 1 saturated heterocycles. The number of amides is 1. The molecular formula is C18H29N3O2. The van der Waals surface area contributed by atoms with Gasteiger partial charge in [-0.1, -0.05) is 6.92 Å². The molecule has 0 spiro atoms. The molecule has 23 heavy (non-hydrogen) atoms. The third-order valence-electron chi connectivity index (χ3n) is 4.46. The molecule has 1 aromatic carbocycles. The van der Waals surface area contributed by atoms with Gasteiger partial charge in [0.05, 0.1) is 0 Å². The molecule has 1 aliphatic heterocycles. The lowest BCUT2D eigenvalue weighted by Gasteiger charge is -2.38. The monoisotopic (exact) mass is 319 g/mol. The molecule has 1 heterocycles. The van der Waals surface area contributed by atoms with Crippen LogP contribution in [0.15, 0.2) is 24.3 Å². The summed E-state index contributed by atoms with van der Waals surface area (Å²) in [4.78, 5) is 16.9. The second-order valence-corrected chi connectivity index (χ2v) is 6.66. The van der Waals surface area contributed by atoms with E-state index in [0.29, 0.717) is 18.2 Å². The van der Waals surface area contributed by atoms with E-state index < -0.39 is 0 Å². The number of rotatable bonds is 6. The van der Waals surface area contributed by atoms with E-state index in [1.54, 1.807) is 0 Å². The van der Waals surface area contributed by atoms with Gasteiger partial charge in [-0.05, 0) is 44.0 Å². The van der Waals surface area contributed by atoms with Gasteiger partial charge in [0.2, 0.25) is 0 Å². The first-order valence-corrected chi connectivity index (χ1v) is 8.49. The molecule has 1 fully saturated rings. The number of nitrogens with zero attached hydrogens (tertiary/aromatic N) is 2. The number of carbonyl (C=O) groups is 1. The summed E-state index contributed by atoms with van der Waals surface area (Å²) in [5, 5.41) is 11.8. The number of nitrogens with one attached hydrogen (secondary N) is 1. The molecule has 1 amide bonds. The summed E-state index contributed by atoms with van der Waals surface area (Å²) in [6.45, 7) is 11.2. The summed E-state index contributed by atoms with van der Waals surface area (Å²) in [6.07, 6.45) is 0. The molecule has 1 aliphatic rings. The van der Waals surface area contributed by atoms with E-state index in [1.807, 2.05) is 31.2 Å². The molecule has 0 aliphatic carbocycles. The molecule has 0 saturated carbocycles. The Morgan fingerprint density at radius 2 is 1.74 bits per heavy atom. The van der Waals surface area contributed by atoms with Crippen molar-refractivity contribution in [2.45, 2.75) is 26.8 Å². The normalized spacial score (nSPS) is 17.3. The molecule has 1 unspecified atom stereocenters. The quantitative estimate of drug-likeness (QED) is 0.836. The minimum absolute atomic E-state index is 0.0791. The van der Waals surface area contributed by atoms with Gasteiger partial charge < -0.3 is 15.3 Å². The van der Waals surface area contributed by atoms with Crippen molar-refractivity contribution in [2.75, 3.05) is 44.2 Å². The van der Waals surface area contributed by atoms with Gasteiger partial charge in [-0.25, -0.2) is 0 Å². The van der Waals surface area contributed by atoms with Crippen LogP contribution in [-0.2, 0) is 0 Å². The van der Waals surface area contributed by atoms with E-state index in [1.165, 1.54) is 5.69 Å². The van der Waals surface area contributed by atoms with Crippen molar-refractivity contribution < 1.29 is 9.90 Å². The van der Waals surface area contributed by atoms with Gasteiger partial charge in [-0.3, -0.25) is 9.69 Å². The van der Waals surface area contributed by atoms with Crippen LogP contribution in [0, 0.1) is 5.92 Å². The number of aliphatic hydroxyl groups excluding tert-OH is 1. The van der Waals surface area contributed by atoms with Crippen LogP contribution in [0.3, 0.4) is 0 Å². The van der Waals surface area contributed by atoms with Gasteiger partial charge in [0.15, 0.2) is 0 Å². The van der Waals surface area contributed by atoms with Gasteiger partial charge in [0, 0.05) is 56.6 Å². The van der Waals surface area contributed by atoms with Crippen LogP contribution in [0.5, 0.6) is 0 Å². The highest BCUT2D eigenvalue weighted by molar-refractivity contribution is 5.94. The van der Waals surface area contributed by atoms with Gasteiger partial charge in [0.25, 0.3) is 5.91 Å². The van der Waals surface area contributed by atoms with E-state index in [2.05, 4.69) is 29.0 Å². The second-order valence-electron chi connectivity index (χ2n) is 6.66. The fraction of sp³-hybridized carbons (Fsp3) is 0.611. The SMILES string of the molecule is CC(CO)CNC(=O)c1ccc(N2CCN(C(C)C)CC2)cc1. The Balaban J connectivity index is 1.88. The van der Waals surface area contributed by atoms with Crippen molar-refractivity contribution in [1.82, 2.24) is 10.2 Å². The predicted molar refractivity (Wildman–Crippen MR) is 93.9 cm³/mol. The number of piperazine rings is 1. The molecule has 0 aromatic heterocycles. The maximum Gasteiger partial charge on any atom is 0.251 e. The first kappa shape index (κ1) is 17.8. The number of hydrogen-bond donors (Lipinski definition) is 2. The molecule has 1 atom stereocenters. The van der Waals surface area contributed by atoms with Crippen molar-refractivity contribution in [2.24, 2.45) is 5.92 Å². The lowest BCUT2D eigenvalue weighted by molar-refractivity contribution is 0.0942. The maximum atomic E-state index is 12.1. The Morgan fingerprint density at radius 1 is 1.13 bits per heavy atom. The summed E-state index contributed by atoms with van der Waals surface area (Å²) in [5.74, 6) is -0.00282. The molecule has 0 bridgehead atoms. The molecular weight excluding hydrogens is 290 g/mol. The van der Waals surface area contributed by atoms with Crippen molar-refractivity contribution in [3.05, 3.63) is 29.8 Å². The number of benzene rings is 1. The third-order valence-corrected chi connectivity index (χ3v) is 4.46. The number of carbonyl (C=O) groups excluding carboxylic acids is 1. The zero-order chi connectivity index (χ0) is 16.8. The van der Waals surface area contributed by atoms with E-state index in [9.17, 15) is 4.79 Å². The van der Waals surface area contributed by atoms with E-state index in [0.717, 1.165) is 26.2 Å². The maximum absolute atomic E-state index is 12.1.